The van der Waals surface area contributed by atoms with Crippen LogP contribution in [0, 0.1) is 6.92 Å². The Balaban J connectivity index is 2.14. The first-order valence-corrected chi connectivity index (χ1v) is 7.62. The van der Waals surface area contributed by atoms with Gasteiger partial charge < -0.3 is 9.52 Å². The molecule has 0 radical (unpaired) electrons. The quantitative estimate of drug-likeness (QED) is 0.878. The number of aromatic carboxylic acids is 1. The number of hydrogen-bond acceptors (Lipinski definition) is 5. The van der Waals surface area contributed by atoms with E-state index in [9.17, 15) is 13.2 Å². The van der Waals surface area contributed by atoms with Crippen molar-refractivity contribution in [3.8, 4) is 0 Å². The summed E-state index contributed by atoms with van der Waals surface area (Å²) in [6.07, 6.45) is 0. The van der Waals surface area contributed by atoms with Crippen LogP contribution in [0.5, 0.6) is 0 Å². The molecule has 2 rings (SSSR count). The average Bonchev–Trinajstić information content (AvgIpc) is 2.95. The molecule has 0 aliphatic rings. The maximum Gasteiger partial charge on any atom is 0.371 e. The van der Waals surface area contributed by atoms with E-state index < -0.39 is 26.8 Å². The van der Waals surface area contributed by atoms with Crippen LogP contribution in [0.2, 0.25) is 0 Å². The molecular weight excluding hydrogens is 290 g/mol. The zero-order valence-corrected chi connectivity index (χ0v) is 11.5. The van der Waals surface area contributed by atoms with Crippen LogP contribution in [0.3, 0.4) is 0 Å². The predicted molar refractivity (Wildman–Crippen MR) is 68.7 cm³/mol. The molecule has 0 saturated carbocycles. The second kappa shape index (κ2) is 5.16. The SMILES string of the molecule is Cc1ccsc1CNS(=O)(=O)c1ccc(C(=O)O)o1. The zero-order chi connectivity index (χ0) is 14.0. The van der Waals surface area contributed by atoms with Crippen LogP contribution < -0.4 is 4.72 Å². The molecule has 0 amide bonds. The van der Waals surface area contributed by atoms with Gasteiger partial charge in [-0.25, -0.2) is 17.9 Å². The van der Waals surface area contributed by atoms with E-state index in [1.165, 1.54) is 11.3 Å². The van der Waals surface area contributed by atoms with Gasteiger partial charge in [0.1, 0.15) is 0 Å². The lowest BCUT2D eigenvalue weighted by atomic mass is 10.3. The Hall–Kier alpha value is -1.64. The number of rotatable bonds is 5. The van der Waals surface area contributed by atoms with Crippen LogP contribution in [0.4, 0.5) is 0 Å². The summed E-state index contributed by atoms with van der Waals surface area (Å²) >= 11 is 1.44. The molecule has 0 fully saturated rings. The highest BCUT2D eigenvalue weighted by Crippen LogP contribution is 2.18. The Bertz CT molecular complexity index is 698. The molecule has 102 valence electrons. The van der Waals surface area contributed by atoms with Crippen molar-refractivity contribution in [2.45, 2.75) is 18.6 Å². The molecule has 2 N–H and O–H groups in total. The average molecular weight is 301 g/mol. The number of thiophene rings is 1. The number of furan rings is 1. The van der Waals surface area contributed by atoms with E-state index in [2.05, 4.69) is 4.72 Å². The monoisotopic (exact) mass is 301 g/mol. The number of aryl methyl sites for hydroxylation is 1. The predicted octanol–water partition coefficient (Wildman–Crippen LogP) is 1.83. The van der Waals surface area contributed by atoms with E-state index in [1.54, 1.807) is 0 Å². The van der Waals surface area contributed by atoms with Gasteiger partial charge in [0.2, 0.25) is 10.9 Å². The highest BCUT2D eigenvalue weighted by Gasteiger charge is 2.21. The largest absolute Gasteiger partial charge is 0.475 e. The molecule has 0 spiro atoms. The van der Waals surface area contributed by atoms with Gasteiger partial charge in [-0.3, -0.25) is 0 Å². The van der Waals surface area contributed by atoms with Crippen molar-refractivity contribution in [1.29, 1.82) is 0 Å². The van der Waals surface area contributed by atoms with Gasteiger partial charge in [0, 0.05) is 11.4 Å². The van der Waals surface area contributed by atoms with Crippen LogP contribution in [0.25, 0.3) is 0 Å². The fourth-order valence-electron chi connectivity index (χ4n) is 1.40. The van der Waals surface area contributed by atoms with Gasteiger partial charge >= 0.3 is 5.97 Å². The third kappa shape index (κ3) is 3.03. The lowest BCUT2D eigenvalue weighted by Crippen LogP contribution is -2.22. The standard InChI is InChI=1S/C11H11NO5S2/c1-7-4-5-18-9(7)6-12-19(15,16)10-3-2-8(17-10)11(13)14/h2-5,12H,6H2,1H3,(H,13,14). The zero-order valence-electron chi connectivity index (χ0n) is 9.91. The maximum atomic E-state index is 11.9. The summed E-state index contributed by atoms with van der Waals surface area (Å²) in [5.74, 6) is -1.72. The Morgan fingerprint density at radius 1 is 1.42 bits per heavy atom. The Labute approximate surface area is 113 Å². The van der Waals surface area contributed by atoms with Crippen molar-refractivity contribution in [3.05, 3.63) is 39.8 Å². The molecule has 6 nitrogen and oxygen atoms in total. The van der Waals surface area contributed by atoms with E-state index in [0.717, 1.165) is 22.6 Å². The maximum absolute atomic E-state index is 11.9. The molecule has 0 aliphatic heterocycles. The Morgan fingerprint density at radius 2 is 2.16 bits per heavy atom. The van der Waals surface area contributed by atoms with Gasteiger partial charge in [-0.15, -0.1) is 11.3 Å². The highest BCUT2D eigenvalue weighted by molar-refractivity contribution is 7.89. The van der Waals surface area contributed by atoms with Crippen molar-refractivity contribution < 1.29 is 22.7 Å². The lowest BCUT2D eigenvalue weighted by molar-refractivity contribution is 0.0656. The van der Waals surface area contributed by atoms with Crippen molar-refractivity contribution in [2.75, 3.05) is 0 Å². The first-order valence-electron chi connectivity index (χ1n) is 5.26. The molecule has 2 aromatic heterocycles. The highest BCUT2D eigenvalue weighted by atomic mass is 32.2. The Kier molecular flexibility index (Phi) is 3.74. The summed E-state index contributed by atoms with van der Waals surface area (Å²) in [5, 5.41) is 10.1. The van der Waals surface area contributed by atoms with E-state index in [1.807, 2.05) is 18.4 Å². The van der Waals surface area contributed by atoms with Crippen LogP contribution >= 0.6 is 11.3 Å². The van der Waals surface area contributed by atoms with Crippen LogP contribution in [0.1, 0.15) is 21.0 Å². The number of carboxylic acids is 1. The molecule has 0 bridgehead atoms. The molecule has 2 aromatic rings. The normalized spacial score (nSPS) is 11.6. The first kappa shape index (κ1) is 13.8. The van der Waals surface area contributed by atoms with Crippen LogP contribution in [0.15, 0.2) is 33.1 Å². The van der Waals surface area contributed by atoms with Crippen LogP contribution in [-0.4, -0.2) is 19.5 Å². The first-order chi connectivity index (χ1) is 8.90. The minimum atomic E-state index is -3.84. The van der Waals surface area contributed by atoms with Gasteiger partial charge in [0.05, 0.1) is 0 Å². The van der Waals surface area contributed by atoms with Gasteiger partial charge in [0.15, 0.2) is 0 Å². The second-order valence-electron chi connectivity index (χ2n) is 3.78. The van der Waals surface area contributed by atoms with E-state index >= 15 is 0 Å². The van der Waals surface area contributed by atoms with Crippen molar-refractivity contribution >= 4 is 27.3 Å². The topological polar surface area (TPSA) is 96.6 Å². The third-order valence-electron chi connectivity index (χ3n) is 2.45. The minimum Gasteiger partial charge on any atom is -0.475 e. The van der Waals surface area contributed by atoms with Crippen molar-refractivity contribution in [3.63, 3.8) is 0 Å². The molecule has 19 heavy (non-hydrogen) atoms. The minimum absolute atomic E-state index is 0.148. The van der Waals surface area contributed by atoms with Gasteiger partial charge in [-0.05, 0) is 36.1 Å². The van der Waals surface area contributed by atoms with E-state index in [0.29, 0.717) is 0 Å². The molecule has 0 aliphatic carbocycles. The summed E-state index contributed by atoms with van der Waals surface area (Å²) in [4.78, 5) is 11.5. The third-order valence-corrected chi connectivity index (χ3v) is 4.74. The summed E-state index contributed by atoms with van der Waals surface area (Å²) in [6.45, 7) is 2.03. The number of carboxylic acid groups (broad SMARTS) is 1. The van der Waals surface area contributed by atoms with E-state index in [4.69, 9.17) is 9.52 Å². The molecular formula is C11H11NO5S2. The van der Waals surface area contributed by atoms with Crippen molar-refractivity contribution in [1.82, 2.24) is 4.72 Å². The molecule has 2 heterocycles. The van der Waals surface area contributed by atoms with Gasteiger partial charge in [-0.1, -0.05) is 0 Å². The summed E-state index contributed by atoms with van der Waals surface area (Å²) < 4.78 is 30.9. The number of carbonyl (C=O) groups is 1. The second-order valence-corrected chi connectivity index (χ2v) is 6.47. The number of sulfonamides is 1. The number of hydrogen-bond donors (Lipinski definition) is 2. The molecule has 0 saturated heterocycles. The molecule has 8 heteroatoms. The summed E-state index contributed by atoms with van der Waals surface area (Å²) in [5.41, 5.74) is 0.998. The summed E-state index contributed by atoms with van der Waals surface area (Å²) in [7, 11) is -3.84. The van der Waals surface area contributed by atoms with Crippen molar-refractivity contribution in [2.24, 2.45) is 0 Å². The van der Waals surface area contributed by atoms with Gasteiger partial charge in [-0.2, -0.15) is 0 Å². The molecule has 0 unspecified atom stereocenters. The van der Waals surface area contributed by atoms with Gasteiger partial charge in [0.25, 0.3) is 10.0 Å². The fourth-order valence-corrected chi connectivity index (χ4v) is 3.26. The smallest absolute Gasteiger partial charge is 0.371 e. The lowest BCUT2D eigenvalue weighted by Gasteiger charge is -2.03. The van der Waals surface area contributed by atoms with Crippen LogP contribution in [-0.2, 0) is 16.6 Å². The Morgan fingerprint density at radius 3 is 2.68 bits per heavy atom. The van der Waals surface area contributed by atoms with E-state index in [-0.39, 0.29) is 6.54 Å². The molecule has 0 aromatic carbocycles. The summed E-state index contributed by atoms with van der Waals surface area (Å²) in [6, 6.07) is 4.12. The number of nitrogens with one attached hydrogen (secondary N) is 1. The molecule has 0 atom stereocenters. The fraction of sp³-hybridized carbons (Fsp3) is 0.182.